The molecule has 0 aromatic carbocycles. The average Bonchev–Trinajstić information content (AvgIpc) is 1.84. The molecule has 0 spiro atoms. The molecule has 0 saturated heterocycles. The van der Waals surface area contributed by atoms with Gasteiger partial charge in [-0.3, -0.25) is 9.59 Å². The van der Waals surface area contributed by atoms with E-state index in [1.165, 1.54) is 6.92 Å². The third-order valence-corrected chi connectivity index (χ3v) is 1.53. The van der Waals surface area contributed by atoms with Gasteiger partial charge < -0.3 is 5.73 Å². The first-order valence-corrected chi connectivity index (χ1v) is 4.21. The molecule has 0 aliphatic carbocycles. The predicted octanol–water partition coefficient (Wildman–Crippen LogP) is 0.908. The lowest BCUT2D eigenvalue weighted by Gasteiger charge is -2.09. The van der Waals surface area contributed by atoms with Gasteiger partial charge in [-0.25, -0.2) is 0 Å². The first kappa shape index (κ1) is 11.3. The Morgan fingerprint density at radius 1 is 1.25 bits per heavy atom. The van der Waals surface area contributed by atoms with E-state index in [1.54, 1.807) is 0 Å². The largest absolute Gasteiger partial charge is 0.321 e. The molecule has 12 heavy (non-hydrogen) atoms. The number of hydrogen-bond donors (Lipinski definition) is 1. The van der Waals surface area contributed by atoms with Crippen LogP contribution in [0.15, 0.2) is 0 Å². The molecule has 3 heteroatoms. The molecule has 0 rings (SSSR count). The maximum atomic E-state index is 11.2. The van der Waals surface area contributed by atoms with E-state index in [0.717, 1.165) is 0 Å². The van der Waals surface area contributed by atoms with Crippen molar-refractivity contribution in [3.63, 3.8) is 0 Å². The van der Waals surface area contributed by atoms with Crippen molar-refractivity contribution in [3.05, 3.63) is 0 Å². The monoisotopic (exact) mass is 171 g/mol. The van der Waals surface area contributed by atoms with Crippen molar-refractivity contribution in [1.29, 1.82) is 0 Å². The first-order chi connectivity index (χ1) is 5.43. The van der Waals surface area contributed by atoms with E-state index in [-0.39, 0.29) is 18.0 Å². The van der Waals surface area contributed by atoms with Gasteiger partial charge in [-0.2, -0.15) is 0 Å². The number of ketones is 2. The van der Waals surface area contributed by atoms with Crippen LogP contribution in [0.5, 0.6) is 0 Å². The molecule has 0 aliphatic rings. The van der Waals surface area contributed by atoms with Crippen LogP contribution < -0.4 is 5.73 Å². The lowest BCUT2D eigenvalue weighted by Crippen LogP contribution is -2.33. The van der Waals surface area contributed by atoms with E-state index in [1.807, 2.05) is 13.8 Å². The van der Waals surface area contributed by atoms with Crippen molar-refractivity contribution >= 4 is 11.6 Å². The molecule has 0 radical (unpaired) electrons. The summed E-state index contributed by atoms with van der Waals surface area (Å²) < 4.78 is 0. The summed E-state index contributed by atoms with van der Waals surface area (Å²) in [6.45, 7) is 5.36. The van der Waals surface area contributed by atoms with Crippen molar-refractivity contribution in [2.75, 3.05) is 0 Å². The van der Waals surface area contributed by atoms with Gasteiger partial charge >= 0.3 is 0 Å². The van der Waals surface area contributed by atoms with Gasteiger partial charge in [0.05, 0.1) is 6.04 Å². The number of nitrogens with two attached hydrogens (primary N) is 1. The lowest BCUT2D eigenvalue weighted by atomic mass is 9.99. The van der Waals surface area contributed by atoms with Gasteiger partial charge in [0.1, 0.15) is 11.6 Å². The third kappa shape index (κ3) is 5.02. The van der Waals surface area contributed by atoms with E-state index < -0.39 is 6.04 Å². The highest BCUT2D eigenvalue weighted by atomic mass is 16.1. The quantitative estimate of drug-likeness (QED) is 0.668. The summed E-state index contributed by atoms with van der Waals surface area (Å²) in [5.41, 5.74) is 5.50. The summed E-state index contributed by atoms with van der Waals surface area (Å²) >= 11 is 0. The second-order valence-electron chi connectivity index (χ2n) is 3.58. The predicted molar refractivity (Wildman–Crippen MR) is 47.7 cm³/mol. The van der Waals surface area contributed by atoms with Crippen molar-refractivity contribution in [3.8, 4) is 0 Å². The normalized spacial score (nSPS) is 13.1. The van der Waals surface area contributed by atoms with Crippen LogP contribution in [-0.4, -0.2) is 17.6 Å². The van der Waals surface area contributed by atoms with E-state index in [9.17, 15) is 9.59 Å². The van der Waals surface area contributed by atoms with Crippen LogP contribution in [0, 0.1) is 5.92 Å². The summed E-state index contributed by atoms with van der Waals surface area (Å²) in [5.74, 6) is 0.273. The Morgan fingerprint density at radius 2 is 1.75 bits per heavy atom. The molecule has 0 aliphatic heterocycles. The minimum absolute atomic E-state index is 0.0137. The fourth-order valence-corrected chi connectivity index (χ4v) is 0.977. The fraction of sp³-hybridized carbons (Fsp3) is 0.778. The molecule has 0 saturated carbocycles. The Bertz CT molecular complexity index is 175. The van der Waals surface area contributed by atoms with Crippen LogP contribution in [-0.2, 0) is 9.59 Å². The van der Waals surface area contributed by atoms with E-state index in [2.05, 4.69) is 0 Å². The molecular weight excluding hydrogens is 154 g/mol. The molecule has 0 aromatic rings. The third-order valence-electron chi connectivity index (χ3n) is 1.53. The van der Waals surface area contributed by atoms with Crippen LogP contribution in [0.4, 0.5) is 0 Å². The molecule has 0 unspecified atom stereocenters. The zero-order chi connectivity index (χ0) is 9.72. The Kier molecular flexibility index (Phi) is 4.74. The highest BCUT2D eigenvalue weighted by Gasteiger charge is 2.15. The Balaban J connectivity index is 3.85. The van der Waals surface area contributed by atoms with Crippen molar-refractivity contribution < 1.29 is 9.59 Å². The molecule has 0 aromatic heterocycles. The van der Waals surface area contributed by atoms with Gasteiger partial charge in [-0.15, -0.1) is 0 Å². The molecule has 70 valence electrons. The maximum absolute atomic E-state index is 11.2. The second-order valence-corrected chi connectivity index (χ2v) is 3.58. The average molecular weight is 171 g/mol. The molecule has 0 fully saturated rings. The molecular formula is C9H17NO2. The fourth-order valence-electron chi connectivity index (χ4n) is 0.977. The van der Waals surface area contributed by atoms with Gasteiger partial charge in [0.25, 0.3) is 0 Å². The summed E-state index contributed by atoms with van der Waals surface area (Å²) in [6.07, 6.45) is 0.639. The van der Waals surface area contributed by atoms with Crippen molar-refractivity contribution in [2.45, 2.75) is 39.7 Å². The smallest absolute Gasteiger partial charge is 0.150 e. The van der Waals surface area contributed by atoms with Crippen LogP contribution in [0.25, 0.3) is 0 Å². The minimum atomic E-state index is -0.593. The van der Waals surface area contributed by atoms with Gasteiger partial charge in [0.2, 0.25) is 0 Å². The molecule has 2 N–H and O–H groups in total. The number of carbonyl (C=O) groups excluding carboxylic acids is 2. The van der Waals surface area contributed by atoms with Crippen LogP contribution in [0.2, 0.25) is 0 Å². The van der Waals surface area contributed by atoms with Crippen molar-refractivity contribution in [1.82, 2.24) is 0 Å². The lowest BCUT2D eigenvalue weighted by molar-refractivity contribution is -0.125. The van der Waals surface area contributed by atoms with Gasteiger partial charge in [0, 0.05) is 12.8 Å². The standard InChI is InChI=1S/C9H17NO2/c1-6(2)4-9(12)8(10)5-7(3)11/h6,8H,4-5,10H2,1-3H3/t8-/m0/s1. The number of hydrogen-bond acceptors (Lipinski definition) is 3. The maximum Gasteiger partial charge on any atom is 0.150 e. The Hall–Kier alpha value is -0.700. The summed E-state index contributed by atoms with van der Waals surface area (Å²) in [5, 5.41) is 0. The number of carbonyl (C=O) groups is 2. The zero-order valence-electron chi connectivity index (χ0n) is 7.96. The van der Waals surface area contributed by atoms with Gasteiger partial charge in [-0.1, -0.05) is 13.8 Å². The highest BCUT2D eigenvalue weighted by Crippen LogP contribution is 2.04. The van der Waals surface area contributed by atoms with Crippen molar-refractivity contribution in [2.24, 2.45) is 11.7 Å². The van der Waals surface area contributed by atoms with Gasteiger partial charge in [-0.05, 0) is 12.8 Å². The number of rotatable bonds is 5. The second kappa shape index (κ2) is 5.04. The summed E-state index contributed by atoms with van der Waals surface area (Å²) in [4.78, 5) is 21.8. The summed E-state index contributed by atoms with van der Waals surface area (Å²) in [7, 11) is 0. The topological polar surface area (TPSA) is 60.2 Å². The van der Waals surface area contributed by atoms with E-state index in [4.69, 9.17) is 5.73 Å². The van der Waals surface area contributed by atoms with Crippen LogP contribution in [0.3, 0.4) is 0 Å². The molecule has 0 heterocycles. The minimum Gasteiger partial charge on any atom is -0.321 e. The first-order valence-electron chi connectivity index (χ1n) is 4.21. The highest BCUT2D eigenvalue weighted by molar-refractivity contribution is 5.89. The molecule has 0 bridgehead atoms. The zero-order valence-corrected chi connectivity index (χ0v) is 7.96. The van der Waals surface area contributed by atoms with E-state index in [0.29, 0.717) is 12.3 Å². The van der Waals surface area contributed by atoms with Crippen LogP contribution >= 0.6 is 0 Å². The van der Waals surface area contributed by atoms with Gasteiger partial charge in [0.15, 0.2) is 0 Å². The Labute approximate surface area is 73.3 Å². The molecule has 1 atom stereocenters. The van der Waals surface area contributed by atoms with E-state index >= 15 is 0 Å². The Morgan fingerprint density at radius 3 is 2.08 bits per heavy atom. The SMILES string of the molecule is CC(=O)C[C@H](N)C(=O)CC(C)C. The molecule has 0 amide bonds. The summed E-state index contributed by atoms with van der Waals surface area (Å²) in [6, 6.07) is -0.593. The van der Waals surface area contributed by atoms with Crippen LogP contribution in [0.1, 0.15) is 33.6 Å². The number of Topliss-reactive ketones (excluding diaryl/α,β-unsaturated/α-hetero) is 2. The molecule has 3 nitrogen and oxygen atoms in total.